The maximum atomic E-state index is 11.8. The molecule has 0 bridgehead atoms. The number of esters is 1. The molecule has 5 nitrogen and oxygen atoms in total. The van der Waals surface area contributed by atoms with Gasteiger partial charge in [0.2, 0.25) is 0 Å². The van der Waals surface area contributed by atoms with Gasteiger partial charge in [0, 0.05) is 12.8 Å². The van der Waals surface area contributed by atoms with Crippen molar-refractivity contribution in [2.24, 2.45) is 0 Å². The van der Waals surface area contributed by atoms with Gasteiger partial charge in [0.15, 0.2) is 0 Å². The number of aliphatic carboxylic acids is 1. The Hall–Kier alpha value is -1.56. The van der Waals surface area contributed by atoms with Gasteiger partial charge in [-0.3, -0.25) is 14.4 Å². The number of carboxylic acid groups (broad SMARTS) is 1. The lowest BCUT2D eigenvalue weighted by molar-refractivity contribution is -0.141. The largest absolute Gasteiger partial charge is 0.481 e. The summed E-state index contributed by atoms with van der Waals surface area (Å²) in [7, 11) is 0. The molecule has 0 atom stereocenters. The first-order chi connectivity index (χ1) is 14.6. The average Bonchev–Trinajstić information content (AvgIpc) is 2.70. The van der Waals surface area contributed by atoms with Crippen molar-refractivity contribution in [3.05, 3.63) is 24.3 Å². The van der Waals surface area contributed by atoms with Gasteiger partial charge in [0.25, 0.3) is 0 Å². The first kappa shape index (κ1) is 28.4. The topological polar surface area (TPSA) is 80.7 Å². The van der Waals surface area contributed by atoms with Crippen LogP contribution in [0.1, 0.15) is 90.4 Å². The monoisotopic (exact) mass is 440 g/mol. The van der Waals surface area contributed by atoms with Gasteiger partial charge in [-0.05, 0) is 38.5 Å². The molecule has 0 aliphatic heterocycles. The molecule has 0 aromatic carbocycles. The third-order valence-electron chi connectivity index (χ3n) is 4.50. The van der Waals surface area contributed by atoms with Crippen LogP contribution in [0.3, 0.4) is 0 Å². The molecule has 0 heterocycles. The maximum absolute atomic E-state index is 11.8. The normalized spacial score (nSPS) is 11.4. The van der Waals surface area contributed by atoms with Gasteiger partial charge in [-0.2, -0.15) is 0 Å². The Kier molecular flexibility index (Phi) is 21.0. The number of rotatable bonds is 21. The quantitative estimate of drug-likeness (QED) is 0.132. The van der Waals surface area contributed by atoms with Crippen LogP contribution in [0.15, 0.2) is 24.3 Å². The Morgan fingerprint density at radius 2 is 1.43 bits per heavy atom. The number of allylic oxidation sites excluding steroid dienone is 4. The van der Waals surface area contributed by atoms with Crippen molar-refractivity contribution in [1.82, 2.24) is 0 Å². The van der Waals surface area contributed by atoms with E-state index in [1.54, 1.807) is 0 Å². The lowest BCUT2D eigenvalue weighted by Crippen LogP contribution is -2.12. The third-order valence-corrected chi connectivity index (χ3v) is 5.39. The SMILES string of the molecule is CCCCC/C=C\C/C=C\CCCCCCCC(=O)CCOC(=O)CSCC(=O)O. The number of carboxylic acids is 1. The molecule has 0 aromatic rings. The van der Waals surface area contributed by atoms with Crippen LogP contribution >= 0.6 is 11.8 Å². The molecule has 0 spiro atoms. The van der Waals surface area contributed by atoms with Crippen molar-refractivity contribution in [3.63, 3.8) is 0 Å². The van der Waals surface area contributed by atoms with Crippen LogP contribution < -0.4 is 0 Å². The fraction of sp³-hybridized carbons (Fsp3) is 0.708. The van der Waals surface area contributed by atoms with E-state index in [-0.39, 0.29) is 30.3 Å². The van der Waals surface area contributed by atoms with Gasteiger partial charge in [-0.15, -0.1) is 11.8 Å². The van der Waals surface area contributed by atoms with Crippen molar-refractivity contribution in [3.8, 4) is 0 Å². The summed E-state index contributed by atoms with van der Waals surface area (Å²) in [5.74, 6) is -1.43. The van der Waals surface area contributed by atoms with Crippen LogP contribution in [0.25, 0.3) is 0 Å². The second kappa shape index (κ2) is 22.1. The van der Waals surface area contributed by atoms with Crippen molar-refractivity contribution in [1.29, 1.82) is 0 Å². The van der Waals surface area contributed by atoms with E-state index in [2.05, 4.69) is 31.2 Å². The van der Waals surface area contributed by atoms with Crippen LogP contribution in [0.4, 0.5) is 0 Å². The smallest absolute Gasteiger partial charge is 0.315 e. The molecule has 172 valence electrons. The van der Waals surface area contributed by atoms with Crippen molar-refractivity contribution in [2.45, 2.75) is 90.4 Å². The number of ether oxygens (including phenoxy) is 1. The van der Waals surface area contributed by atoms with Gasteiger partial charge in [-0.25, -0.2) is 0 Å². The molecule has 0 aliphatic rings. The number of thioether (sulfide) groups is 1. The molecule has 0 amide bonds. The predicted molar refractivity (Wildman–Crippen MR) is 125 cm³/mol. The summed E-state index contributed by atoms with van der Waals surface area (Å²) in [5.41, 5.74) is 0. The summed E-state index contributed by atoms with van der Waals surface area (Å²) in [6.07, 6.45) is 22.6. The number of carbonyl (C=O) groups is 3. The van der Waals surface area contributed by atoms with Gasteiger partial charge in [0.05, 0.1) is 18.1 Å². The van der Waals surface area contributed by atoms with E-state index >= 15 is 0 Å². The van der Waals surface area contributed by atoms with Crippen molar-refractivity contribution >= 4 is 29.5 Å². The average molecular weight is 441 g/mol. The summed E-state index contributed by atoms with van der Waals surface area (Å²) in [4.78, 5) is 33.5. The molecule has 0 radical (unpaired) electrons. The van der Waals surface area contributed by atoms with Crippen LogP contribution in [0.5, 0.6) is 0 Å². The number of Topliss-reactive ketones (excluding diaryl/α,β-unsaturated/α-hetero) is 1. The molecule has 0 aromatic heterocycles. The molecular formula is C24H40O5S. The Labute approximate surface area is 186 Å². The van der Waals surface area contributed by atoms with Gasteiger partial charge >= 0.3 is 11.9 Å². The van der Waals surface area contributed by atoms with E-state index in [0.717, 1.165) is 43.9 Å². The number of unbranched alkanes of at least 4 members (excludes halogenated alkanes) is 8. The first-order valence-corrected chi connectivity index (χ1v) is 12.5. The van der Waals surface area contributed by atoms with E-state index in [1.807, 2.05) is 0 Å². The van der Waals surface area contributed by atoms with E-state index < -0.39 is 11.9 Å². The van der Waals surface area contributed by atoms with E-state index in [0.29, 0.717) is 6.42 Å². The minimum Gasteiger partial charge on any atom is -0.481 e. The fourth-order valence-electron chi connectivity index (χ4n) is 2.80. The molecule has 0 aliphatic carbocycles. The third kappa shape index (κ3) is 22.7. The van der Waals surface area contributed by atoms with Gasteiger partial charge in [0.1, 0.15) is 5.78 Å². The molecule has 1 N–H and O–H groups in total. The maximum Gasteiger partial charge on any atom is 0.315 e. The van der Waals surface area contributed by atoms with E-state index in [1.165, 1.54) is 38.5 Å². The van der Waals surface area contributed by atoms with E-state index in [4.69, 9.17) is 9.84 Å². The summed E-state index contributed by atoms with van der Waals surface area (Å²) in [5, 5.41) is 8.48. The zero-order chi connectivity index (χ0) is 22.3. The molecule has 0 fully saturated rings. The summed E-state index contributed by atoms with van der Waals surface area (Å²) >= 11 is 0.995. The number of hydrogen-bond acceptors (Lipinski definition) is 5. The van der Waals surface area contributed by atoms with Crippen LogP contribution in [0.2, 0.25) is 0 Å². The van der Waals surface area contributed by atoms with Crippen molar-refractivity contribution < 1.29 is 24.2 Å². The second-order valence-electron chi connectivity index (χ2n) is 7.38. The van der Waals surface area contributed by atoms with Crippen LogP contribution in [-0.2, 0) is 19.1 Å². The minimum absolute atomic E-state index is 0.00538. The fourth-order valence-corrected chi connectivity index (χ4v) is 3.33. The summed E-state index contributed by atoms with van der Waals surface area (Å²) in [6.45, 7) is 2.32. The Morgan fingerprint density at radius 1 is 0.800 bits per heavy atom. The highest BCUT2D eigenvalue weighted by atomic mass is 32.2. The molecule has 30 heavy (non-hydrogen) atoms. The zero-order valence-corrected chi connectivity index (χ0v) is 19.4. The Bertz CT molecular complexity index is 514. The molecule has 6 heteroatoms. The number of ketones is 1. The predicted octanol–water partition coefficient (Wildman–Crippen LogP) is 6.12. The highest BCUT2D eigenvalue weighted by molar-refractivity contribution is 8.00. The lowest BCUT2D eigenvalue weighted by atomic mass is 10.1. The van der Waals surface area contributed by atoms with Crippen molar-refractivity contribution in [2.75, 3.05) is 18.1 Å². The molecule has 0 saturated heterocycles. The summed E-state index contributed by atoms with van der Waals surface area (Å²) in [6, 6.07) is 0. The lowest BCUT2D eigenvalue weighted by Gasteiger charge is -2.04. The van der Waals surface area contributed by atoms with Gasteiger partial charge < -0.3 is 9.84 Å². The highest BCUT2D eigenvalue weighted by Crippen LogP contribution is 2.09. The van der Waals surface area contributed by atoms with Gasteiger partial charge in [-0.1, -0.05) is 63.3 Å². The Morgan fingerprint density at radius 3 is 2.10 bits per heavy atom. The molecular weight excluding hydrogens is 400 g/mol. The van der Waals surface area contributed by atoms with Crippen LogP contribution in [-0.4, -0.2) is 40.9 Å². The Balaban J connectivity index is 3.39. The molecule has 0 rings (SSSR count). The second-order valence-corrected chi connectivity index (χ2v) is 8.36. The standard InChI is InChI=1S/C24H40O5S/c1-2-3-4-5-6-7-8-9-10-11-12-13-14-15-16-17-22(25)18-19-29-24(28)21-30-20-23(26)27/h6-7,9-10H,2-5,8,11-21H2,1H3,(H,26,27)/b7-6-,10-9-. The summed E-state index contributed by atoms with van der Waals surface area (Å²) < 4.78 is 4.94. The molecule has 0 unspecified atom stereocenters. The van der Waals surface area contributed by atoms with E-state index in [9.17, 15) is 14.4 Å². The number of carbonyl (C=O) groups excluding carboxylic acids is 2. The van der Waals surface area contributed by atoms with Crippen LogP contribution in [0, 0.1) is 0 Å². The molecule has 0 saturated carbocycles. The zero-order valence-electron chi connectivity index (χ0n) is 18.6. The number of hydrogen-bond donors (Lipinski definition) is 1. The highest BCUT2D eigenvalue weighted by Gasteiger charge is 2.07. The minimum atomic E-state index is -0.958. The first-order valence-electron chi connectivity index (χ1n) is 11.3.